The van der Waals surface area contributed by atoms with Gasteiger partial charge in [-0.15, -0.1) is 0 Å². The molecule has 1 aromatic heterocycles. The van der Waals surface area contributed by atoms with Gasteiger partial charge in [-0.05, 0) is 41.1 Å². The lowest BCUT2D eigenvalue weighted by Gasteiger charge is -2.07. The Balaban J connectivity index is 2.27. The van der Waals surface area contributed by atoms with Crippen LogP contribution in [0.25, 0.3) is 0 Å². The van der Waals surface area contributed by atoms with E-state index in [0.717, 1.165) is 0 Å². The highest BCUT2D eigenvalue weighted by Gasteiger charge is 2.17. The van der Waals surface area contributed by atoms with Gasteiger partial charge in [-0.25, -0.2) is 18.5 Å². The Hall–Kier alpha value is -1.71. The van der Waals surface area contributed by atoms with E-state index < -0.39 is 15.9 Å². The van der Waals surface area contributed by atoms with Crippen molar-refractivity contribution in [2.45, 2.75) is 18.7 Å². The van der Waals surface area contributed by atoms with Crippen LogP contribution in [0, 0.1) is 13.8 Å². The molecule has 0 spiro atoms. The second kappa shape index (κ2) is 5.58. The summed E-state index contributed by atoms with van der Waals surface area (Å²) in [6, 6.07) is 4.17. The normalized spacial score (nSPS) is 11.4. The van der Waals surface area contributed by atoms with Gasteiger partial charge in [0.2, 0.25) is 15.8 Å². The van der Waals surface area contributed by atoms with Crippen LogP contribution in [0.1, 0.15) is 22.1 Å². The fourth-order valence-electron chi connectivity index (χ4n) is 1.74. The van der Waals surface area contributed by atoms with E-state index in [4.69, 9.17) is 9.56 Å². The van der Waals surface area contributed by atoms with Gasteiger partial charge >= 0.3 is 0 Å². The van der Waals surface area contributed by atoms with Crippen molar-refractivity contribution in [3.05, 3.63) is 40.0 Å². The van der Waals surface area contributed by atoms with Crippen LogP contribution < -0.4 is 10.5 Å². The van der Waals surface area contributed by atoms with Crippen LogP contribution in [0.5, 0.6) is 0 Å². The van der Waals surface area contributed by atoms with E-state index in [0.29, 0.717) is 17.3 Å². The predicted molar refractivity (Wildman–Crippen MR) is 79.4 cm³/mol. The molecule has 2 aromatic rings. The van der Waals surface area contributed by atoms with Gasteiger partial charge in [0.25, 0.3) is 5.91 Å². The van der Waals surface area contributed by atoms with Gasteiger partial charge in [-0.2, -0.15) is 0 Å². The SMILES string of the molecule is Cc1nc(C)c(C(=O)Nc2ccc(S(N)(=O)=O)c(Br)c2)o1. The summed E-state index contributed by atoms with van der Waals surface area (Å²) in [7, 11) is -3.82. The van der Waals surface area contributed by atoms with Crippen molar-refractivity contribution in [2.24, 2.45) is 5.14 Å². The highest BCUT2D eigenvalue weighted by Crippen LogP contribution is 2.25. The van der Waals surface area contributed by atoms with Crippen LogP contribution in [-0.2, 0) is 10.0 Å². The second-order valence-corrected chi connectivity index (χ2v) is 6.68. The second-order valence-electron chi connectivity index (χ2n) is 4.29. The number of nitrogens with zero attached hydrogens (tertiary/aromatic N) is 1. The van der Waals surface area contributed by atoms with Gasteiger partial charge in [0.15, 0.2) is 5.89 Å². The number of nitrogens with one attached hydrogen (secondary N) is 1. The zero-order valence-electron chi connectivity index (χ0n) is 11.2. The minimum Gasteiger partial charge on any atom is -0.436 e. The lowest BCUT2D eigenvalue weighted by Crippen LogP contribution is -2.14. The van der Waals surface area contributed by atoms with E-state index >= 15 is 0 Å². The van der Waals surface area contributed by atoms with Crippen LogP contribution in [0.3, 0.4) is 0 Å². The van der Waals surface area contributed by atoms with E-state index in [1.165, 1.54) is 18.2 Å². The smallest absolute Gasteiger partial charge is 0.293 e. The number of aryl methyl sites for hydroxylation is 2. The maximum absolute atomic E-state index is 12.0. The van der Waals surface area contributed by atoms with Gasteiger partial charge in [0.1, 0.15) is 0 Å². The highest BCUT2D eigenvalue weighted by atomic mass is 79.9. The minimum atomic E-state index is -3.82. The van der Waals surface area contributed by atoms with E-state index in [1.54, 1.807) is 13.8 Å². The first kappa shape index (κ1) is 15.7. The molecule has 0 aliphatic carbocycles. The van der Waals surface area contributed by atoms with Gasteiger partial charge in [0, 0.05) is 17.1 Å². The number of anilines is 1. The molecule has 0 saturated heterocycles. The number of hydrogen-bond acceptors (Lipinski definition) is 5. The molecule has 0 saturated carbocycles. The summed E-state index contributed by atoms with van der Waals surface area (Å²) in [6.07, 6.45) is 0. The van der Waals surface area contributed by atoms with E-state index in [-0.39, 0.29) is 15.1 Å². The first-order chi connectivity index (χ1) is 9.68. The molecule has 3 N–H and O–H groups in total. The maximum atomic E-state index is 12.0. The topological polar surface area (TPSA) is 115 Å². The zero-order chi connectivity index (χ0) is 15.8. The van der Waals surface area contributed by atoms with Gasteiger partial charge in [-0.1, -0.05) is 0 Å². The van der Waals surface area contributed by atoms with Gasteiger partial charge < -0.3 is 9.73 Å². The lowest BCUT2D eigenvalue weighted by atomic mass is 10.3. The number of amides is 1. The Morgan fingerprint density at radius 2 is 2.05 bits per heavy atom. The zero-order valence-corrected chi connectivity index (χ0v) is 13.6. The summed E-state index contributed by atoms with van der Waals surface area (Å²) in [5.74, 6) is 0.0332. The summed E-state index contributed by atoms with van der Waals surface area (Å²) < 4.78 is 28.0. The number of primary sulfonamides is 1. The van der Waals surface area contributed by atoms with Crippen LogP contribution in [0.4, 0.5) is 5.69 Å². The molecule has 0 bridgehead atoms. The average Bonchev–Trinajstić information content (AvgIpc) is 2.67. The van der Waals surface area contributed by atoms with Crippen LogP contribution in [-0.4, -0.2) is 19.3 Å². The third kappa shape index (κ3) is 3.49. The number of halogens is 1. The number of aromatic nitrogens is 1. The monoisotopic (exact) mass is 373 g/mol. The third-order valence-corrected chi connectivity index (χ3v) is 4.49. The molecule has 0 atom stereocenters. The van der Waals surface area contributed by atoms with Crippen molar-refractivity contribution < 1.29 is 17.6 Å². The highest BCUT2D eigenvalue weighted by molar-refractivity contribution is 9.10. The number of rotatable bonds is 3. The molecular weight excluding hydrogens is 362 g/mol. The largest absolute Gasteiger partial charge is 0.436 e. The van der Waals surface area contributed by atoms with Crippen molar-refractivity contribution in [3.8, 4) is 0 Å². The van der Waals surface area contributed by atoms with Crippen molar-refractivity contribution in [1.82, 2.24) is 4.98 Å². The Kier molecular flexibility index (Phi) is 4.17. The standard InChI is InChI=1S/C12H12BrN3O4S/c1-6-11(20-7(2)15-6)12(17)16-8-3-4-10(9(13)5-8)21(14,18)19/h3-5H,1-2H3,(H,16,17)(H2,14,18,19). The minimum absolute atomic E-state index is 0.0628. The molecule has 2 rings (SSSR count). The van der Waals surface area contributed by atoms with Crippen molar-refractivity contribution in [3.63, 3.8) is 0 Å². The summed E-state index contributed by atoms with van der Waals surface area (Å²) in [6.45, 7) is 3.30. The van der Waals surface area contributed by atoms with E-state index in [1.807, 2.05) is 0 Å². The summed E-state index contributed by atoms with van der Waals surface area (Å²) >= 11 is 3.10. The van der Waals surface area contributed by atoms with Crippen LogP contribution in [0.15, 0.2) is 32.0 Å². The third-order valence-electron chi connectivity index (χ3n) is 2.61. The van der Waals surface area contributed by atoms with Crippen molar-refractivity contribution in [1.29, 1.82) is 0 Å². The van der Waals surface area contributed by atoms with Gasteiger partial charge in [-0.3, -0.25) is 4.79 Å². The lowest BCUT2D eigenvalue weighted by molar-refractivity contribution is 0.0994. The summed E-state index contributed by atoms with van der Waals surface area (Å²) in [5.41, 5.74) is 0.873. The Morgan fingerprint density at radius 3 is 2.52 bits per heavy atom. The average molecular weight is 374 g/mol. The maximum Gasteiger partial charge on any atom is 0.293 e. The number of carbonyl (C=O) groups excluding carboxylic acids is 1. The molecule has 0 aliphatic heterocycles. The number of benzene rings is 1. The molecule has 0 radical (unpaired) electrons. The quantitative estimate of drug-likeness (QED) is 0.852. The number of sulfonamides is 1. The summed E-state index contributed by atoms with van der Waals surface area (Å²) in [5, 5.41) is 7.65. The predicted octanol–water partition coefficient (Wildman–Crippen LogP) is 1.95. The molecule has 0 aliphatic rings. The Bertz CT molecular complexity index is 814. The molecule has 1 amide bonds. The molecule has 1 aromatic carbocycles. The fraction of sp³-hybridized carbons (Fsp3) is 0.167. The Labute approximate surface area is 129 Å². The molecular formula is C12H12BrN3O4S. The fourth-order valence-corrected chi connectivity index (χ4v) is 3.38. The molecule has 21 heavy (non-hydrogen) atoms. The molecule has 0 unspecified atom stereocenters. The van der Waals surface area contributed by atoms with Crippen molar-refractivity contribution >= 4 is 37.5 Å². The molecule has 112 valence electrons. The Morgan fingerprint density at radius 1 is 1.38 bits per heavy atom. The number of carbonyl (C=O) groups is 1. The number of hydrogen-bond donors (Lipinski definition) is 2. The van der Waals surface area contributed by atoms with Gasteiger partial charge in [0.05, 0.1) is 10.6 Å². The summed E-state index contributed by atoms with van der Waals surface area (Å²) in [4.78, 5) is 16.0. The van der Waals surface area contributed by atoms with Crippen LogP contribution >= 0.6 is 15.9 Å². The molecule has 0 fully saturated rings. The molecule has 9 heteroatoms. The van der Waals surface area contributed by atoms with Crippen molar-refractivity contribution in [2.75, 3.05) is 5.32 Å². The van der Waals surface area contributed by atoms with E-state index in [2.05, 4.69) is 26.2 Å². The first-order valence-corrected chi connectivity index (χ1v) is 8.10. The van der Waals surface area contributed by atoms with E-state index in [9.17, 15) is 13.2 Å². The molecule has 7 nitrogen and oxygen atoms in total. The van der Waals surface area contributed by atoms with Crippen LogP contribution in [0.2, 0.25) is 0 Å². The first-order valence-electron chi connectivity index (χ1n) is 5.76. The number of oxazole rings is 1. The molecule has 1 heterocycles. The number of nitrogens with two attached hydrogens (primary N) is 1.